The Morgan fingerprint density at radius 3 is 2.74 bits per heavy atom. The smallest absolute Gasteiger partial charge is 0.256 e. The number of carbonyl (C=O) groups excluding carboxylic acids is 2. The summed E-state index contributed by atoms with van der Waals surface area (Å²) in [5.41, 5.74) is 1.88. The average molecular weight is 290 g/mol. The maximum absolute atomic E-state index is 12.1. The third-order valence-electron chi connectivity index (χ3n) is 2.80. The topological polar surface area (TPSA) is 46.2 Å². The van der Waals surface area contributed by atoms with E-state index in [1.807, 2.05) is 18.2 Å². The van der Waals surface area contributed by atoms with E-state index in [1.165, 1.54) is 17.4 Å². The van der Waals surface area contributed by atoms with Crippen molar-refractivity contribution in [1.82, 2.24) is 0 Å². The number of fused-ring (bicyclic) bond motifs is 1. The highest BCUT2D eigenvalue weighted by Crippen LogP contribution is 2.32. The van der Waals surface area contributed by atoms with Gasteiger partial charge in [-0.25, -0.2) is 0 Å². The molecule has 0 fully saturated rings. The zero-order chi connectivity index (χ0) is 13.4. The van der Waals surface area contributed by atoms with Crippen LogP contribution < -0.4 is 5.32 Å². The Morgan fingerprint density at radius 2 is 2.00 bits per heavy atom. The molecule has 0 unspecified atom stereocenters. The summed E-state index contributed by atoms with van der Waals surface area (Å²) >= 11 is 7.00. The van der Waals surface area contributed by atoms with Crippen molar-refractivity contribution in [2.45, 2.75) is 0 Å². The Morgan fingerprint density at radius 1 is 1.21 bits per heavy atom. The van der Waals surface area contributed by atoms with Gasteiger partial charge in [-0.15, -0.1) is 11.3 Å². The number of amides is 1. The lowest BCUT2D eigenvalue weighted by Gasteiger charge is -1.96. The van der Waals surface area contributed by atoms with E-state index in [9.17, 15) is 9.59 Å². The lowest BCUT2D eigenvalue weighted by Crippen LogP contribution is -2.05. The predicted octanol–water partition coefficient (Wildman–Crippen LogP) is 3.62. The van der Waals surface area contributed by atoms with Crippen LogP contribution in [0.25, 0.3) is 5.57 Å². The number of para-hydroxylation sites is 1. The maximum atomic E-state index is 12.1. The van der Waals surface area contributed by atoms with Crippen LogP contribution in [0, 0.1) is 0 Å². The van der Waals surface area contributed by atoms with Crippen LogP contribution in [-0.2, 0) is 4.79 Å². The van der Waals surface area contributed by atoms with Gasteiger partial charge in [-0.2, -0.15) is 0 Å². The Kier molecular flexibility index (Phi) is 2.97. The molecule has 3 nitrogen and oxygen atoms in total. The normalized spacial score (nSPS) is 15.4. The molecule has 94 valence electrons. The highest BCUT2D eigenvalue weighted by Gasteiger charge is 2.24. The van der Waals surface area contributed by atoms with Gasteiger partial charge in [0, 0.05) is 17.3 Å². The number of nitrogens with one attached hydrogen (secondary N) is 1. The molecule has 1 aromatic heterocycles. The van der Waals surface area contributed by atoms with E-state index < -0.39 is 0 Å². The van der Waals surface area contributed by atoms with Gasteiger partial charge in [-0.05, 0) is 18.2 Å². The molecule has 2 heterocycles. The standard InChI is InChI=1S/C14H8ClNO2S/c15-13-6-5-12(19-13)11(17)7-9-8-3-1-2-4-10(8)16-14(9)18/h1-7H,(H,16,18). The van der Waals surface area contributed by atoms with Crippen molar-refractivity contribution in [1.29, 1.82) is 0 Å². The largest absolute Gasteiger partial charge is 0.321 e. The summed E-state index contributed by atoms with van der Waals surface area (Å²) in [6, 6.07) is 10.6. The summed E-state index contributed by atoms with van der Waals surface area (Å²) in [5.74, 6) is -0.462. The summed E-state index contributed by atoms with van der Waals surface area (Å²) in [6.45, 7) is 0. The third-order valence-corrected chi connectivity index (χ3v) is 4.05. The fourth-order valence-electron chi connectivity index (χ4n) is 1.93. The number of allylic oxidation sites excluding steroid dienone is 1. The fourth-order valence-corrected chi connectivity index (χ4v) is 2.89. The zero-order valence-corrected chi connectivity index (χ0v) is 11.2. The minimum absolute atomic E-state index is 0.209. The summed E-state index contributed by atoms with van der Waals surface area (Å²) in [5, 5.41) is 2.73. The molecule has 19 heavy (non-hydrogen) atoms. The summed E-state index contributed by atoms with van der Waals surface area (Å²) in [7, 11) is 0. The van der Waals surface area contributed by atoms with E-state index in [0.29, 0.717) is 14.8 Å². The van der Waals surface area contributed by atoms with E-state index >= 15 is 0 Å². The second-order valence-corrected chi connectivity index (χ2v) is 5.74. The summed E-state index contributed by atoms with van der Waals surface area (Å²) in [6.07, 6.45) is 1.36. The summed E-state index contributed by atoms with van der Waals surface area (Å²) in [4.78, 5) is 24.4. The fraction of sp³-hybridized carbons (Fsp3) is 0. The first-order chi connectivity index (χ1) is 9.15. The minimum atomic E-state index is -0.253. The number of thiophene rings is 1. The van der Waals surface area contributed by atoms with Crippen molar-refractivity contribution in [2.24, 2.45) is 0 Å². The van der Waals surface area contributed by atoms with Crippen molar-refractivity contribution in [3.63, 3.8) is 0 Å². The van der Waals surface area contributed by atoms with Gasteiger partial charge in [0.1, 0.15) is 0 Å². The molecule has 1 N–H and O–H groups in total. The van der Waals surface area contributed by atoms with E-state index in [0.717, 1.165) is 11.3 Å². The molecule has 3 rings (SSSR count). The van der Waals surface area contributed by atoms with Gasteiger partial charge >= 0.3 is 0 Å². The van der Waals surface area contributed by atoms with Gasteiger partial charge in [0.2, 0.25) is 0 Å². The van der Waals surface area contributed by atoms with Crippen molar-refractivity contribution in [3.05, 3.63) is 57.3 Å². The molecule has 0 saturated heterocycles. The quantitative estimate of drug-likeness (QED) is 0.678. The van der Waals surface area contributed by atoms with Crippen LogP contribution in [0.4, 0.5) is 5.69 Å². The molecular formula is C14H8ClNO2S. The van der Waals surface area contributed by atoms with E-state index in [1.54, 1.807) is 18.2 Å². The second kappa shape index (κ2) is 4.64. The second-order valence-electron chi connectivity index (χ2n) is 4.03. The number of carbonyl (C=O) groups is 2. The molecule has 5 heteroatoms. The van der Waals surface area contributed by atoms with Crippen LogP contribution in [0.2, 0.25) is 4.34 Å². The van der Waals surface area contributed by atoms with Gasteiger partial charge in [0.25, 0.3) is 5.91 Å². The van der Waals surface area contributed by atoms with Gasteiger partial charge in [0.15, 0.2) is 5.78 Å². The molecule has 2 aromatic rings. The van der Waals surface area contributed by atoms with Crippen LogP contribution in [0.3, 0.4) is 0 Å². The SMILES string of the molecule is O=C1Nc2ccccc2C1=CC(=O)c1ccc(Cl)s1. The number of halogens is 1. The molecule has 0 aliphatic carbocycles. The van der Waals surface area contributed by atoms with Crippen LogP contribution in [0.5, 0.6) is 0 Å². The third kappa shape index (κ3) is 2.20. The highest BCUT2D eigenvalue weighted by molar-refractivity contribution is 7.18. The molecule has 1 aliphatic rings. The predicted molar refractivity (Wildman–Crippen MR) is 76.7 cm³/mol. The van der Waals surface area contributed by atoms with Gasteiger partial charge in [-0.3, -0.25) is 9.59 Å². The Balaban J connectivity index is 2.00. The molecule has 0 saturated carbocycles. The Labute approximate surface area is 118 Å². The van der Waals surface area contributed by atoms with Crippen molar-refractivity contribution in [2.75, 3.05) is 5.32 Å². The molecule has 0 radical (unpaired) electrons. The van der Waals surface area contributed by atoms with Crippen molar-refractivity contribution >= 4 is 45.9 Å². The number of anilines is 1. The highest BCUT2D eigenvalue weighted by atomic mass is 35.5. The van der Waals surface area contributed by atoms with E-state index in [4.69, 9.17) is 11.6 Å². The molecular weight excluding hydrogens is 282 g/mol. The van der Waals surface area contributed by atoms with E-state index in [-0.39, 0.29) is 11.7 Å². The first kappa shape index (κ1) is 12.1. The average Bonchev–Trinajstić information content (AvgIpc) is 2.95. The number of hydrogen-bond donors (Lipinski definition) is 1. The summed E-state index contributed by atoms with van der Waals surface area (Å²) < 4.78 is 0.554. The maximum Gasteiger partial charge on any atom is 0.256 e. The number of ketones is 1. The first-order valence-corrected chi connectivity index (χ1v) is 6.77. The Hall–Kier alpha value is -1.91. The van der Waals surface area contributed by atoms with Crippen LogP contribution in [0.1, 0.15) is 15.2 Å². The lowest BCUT2D eigenvalue weighted by atomic mass is 10.1. The van der Waals surface area contributed by atoms with Gasteiger partial charge in [0.05, 0.1) is 14.8 Å². The number of benzene rings is 1. The molecule has 1 amide bonds. The minimum Gasteiger partial charge on any atom is -0.321 e. The van der Waals surface area contributed by atoms with Gasteiger partial charge in [-0.1, -0.05) is 29.8 Å². The number of rotatable bonds is 2. The number of hydrogen-bond acceptors (Lipinski definition) is 3. The van der Waals surface area contributed by atoms with Crippen LogP contribution in [-0.4, -0.2) is 11.7 Å². The zero-order valence-electron chi connectivity index (χ0n) is 9.64. The Bertz CT molecular complexity index is 718. The lowest BCUT2D eigenvalue weighted by molar-refractivity contribution is -0.110. The molecule has 1 aliphatic heterocycles. The molecule has 1 aromatic carbocycles. The first-order valence-electron chi connectivity index (χ1n) is 5.57. The van der Waals surface area contributed by atoms with Crippen molar-refractivity contribution in [3.8, 4) is 0 Å². The van der Waals surface area contributed by atoms with Crippen LogP contribution >= 0.6 is 22.9 Å². The van der Waals surface area contributed by atoms with Crippen molar-refractivity contribution < 1.29 is 9.59 Å². The van der Waals surface area contributed by atoms with E-state index in [2.05, 4.69) is 5.32 Å². The molecule has 0 atom stereocenters. The van der Waals surface area contributed by atoms with Crippen LogP contribution in [0.15, 0.2) is 42.5 Å². The molecule has 0 bridgehead atoms. The molecule has 0 spiro atoms. The van der Waals surface area contributed by atoms with Gasteiger partial charge < -0.3 is 5.32 Å². The monoisotopic (exact) mass is 289 g/mol.